The summed E-state index contributed by atoms with van der Waals surface area (Å²) in [6.45, 7) is 10.9. The molecule has 5 nitrogen and oxygen atoms in total. The molecule has 138 valence electrons. The standard InChI is InChI=1S/C20H30N2O3/c1-4-10-22(12-18(23)15-24-14-16(2)3)13-19-11-20(21-25-19)17-8-6-5-7-9-17/h4-9,16,18-19,23H,1,10-15H2,2-3H3/t18-,19+/m0/s1. The van der Waals surface area contributed by atoms with Crippen molar-refractivity contribution < 1.29 is 14.7 Å². The zero-order valence-electron chi connectivity index (χ0n) is 15.3. The summed E-state index contributed by atoms with van der Waals surface area (Å²) in [6, 6.07) is 10.1. The summed E-state index contributed by atoms with van der Waals surface area (Å²) in [7, 11) is 0. The Labute approximate surface area is 150 Å². The molecule has 1 aliphatic rings. The second-order valence-corrected chi connectivity index (χ2v) is 6.93. The highest BCUT2D eigenvalue weighted by molar-refractivity contribution is 6.01. The number of hydrogen-bond donors (Lipinski definition) is 1. The SMILES string of the molecule is C=CCN(C[C@H](O)COCC(C)C)C[C@H]1CC(c2ccccc2)=NO1. The van der Waals surface area contributed by atoms with E-state index in [1.807, 2.05) is 36.4 Å². The zero-order chi connectivity index (χ0) is 18.1. The van der Waals surface area contributed by atoms with Gasteiger partial charge in [0.05, 0.1) is 18.4 Å². The molecule has 1 aliphatic heterocycles. The molecule has 0 aliphatic carbocycles. The quantitative estimate of drug-likeness (QED) is 0.626. The number of ether oxygens (including phenoxy) is 1. The van der Waals surface area contributed by atoms with E-state index in [9.17, 15) is 5.11 Å². The van der Waals surface area contributed by atoms with Crippen molar-refractivity contribution in [2.75, 3.05) is 32.8 Å². The Kier molecular flexibility index (Phi) is 8.12. The fourth-order valence-electron chi connectivity index (χ4n) is 2.81. The Morgan fingerprint density at radius 1 is 1.36 bits per heavy atom. The Bertz CT molecular complexity index is 545. The number of aliphatic hydroxyl groups is 1. The summed E-state index contributed by atoms with van der Waals surface area (Å²) < 4.78 is 5.52. The van der Waals surface area contributed by atoms with Crippen LogP contribution < -0.4 is 0 Å². The van der Waals surface area contributed by atoms with E-state index in [1.54, 1.807) is 0 Å². The average molecular weight is 346 g/mol. The van der Waals surface area contributed by atoms with E-state index < -0.39 is 6.10 Å². The van der Waals surface area contributed by atoms with Crippen LogP contribution in [0.4, 0.5) is 0 Å². The minimum absolute atomic E-state index is 0.000983. The largest absolute Gasteiger partial charge is 0.390 e. The monoisotopic (exact) mass is 346 g/mol. The van der Waals surface area contributed by atoms with Gasteiger partial charge in [-0.15, -0.1) is 6.58 Å². The van der Waals surface area contributed by atoms with E-state index in [2.05, 4.69) is 30.5 Å². The van der Waals surface area contributed by atoms with Gasteiger partial charge in [-0.3, -0.25) is 4.90 Å². The van der Waals surface area contributed by atoms with Crippen LogP contribution in [0.1, 0.15) is 25.8 Å². The third-order valence-electron chi connectivity index (χ3n) is 3.92. The lowest BCUT2D eigenvalue weighted by atomic mass is 10.0. The molecular weight excluding hydrogens is 316 g/mol. The molecule has 2 atom stereocenters. The average Bonchev–Trinajstić information content (AvgIpc) is 3.04. The molecule has 25 heavy (non-hydrogen) atoms. The summed E-state index contributed by atoms with van der Waals surface area (Å²) >= 11 is 0. The molecule has 0 aromatic heterocycles. The van der Waals surface area contributed by atoms with Crippen molar-refractivity contribution >= 4 is 5.71 Å². The summed E-state index contributed by atoms with van der Waals surface area (Å²) in [5, 5.41) is 14.4. The Morgan fingerprint density at radius 2 is 2.12 bits per heavy atom. The van der Waals surface area contributed by atoms with E-state index >= 15 is 0 Å². The van der Waals surface area contributed by atoms with Crippen LogP contribution in [0.15, 0.2) is 48.1 Å². The first kappa shape index (κ1) is 19.6. The third-order valence-corrected chi connectivity index (χ3v) is 3.92. The molecule has 5 heteroatoms. The van der Waals surface area contributed by atoms with E-state index in [0.29, 0.717) is 38.8 Å². The topological polar surface area (TPSA) is 54.3 Å². The fraction of sp³-hybridized carbons (Fsp3) is 0.550. The Morgan fingerprint density at radius 3 is 2.80 bits per heavy atom. The van der Waals surface area contributed by atoms with Gasteiger partial charge in [0.15, 0.2) is 0 Å². The molecule has 1 aromatic carbocycles. The van der Waals surface area contributed by atoms with E-state index in [-0.39, 0.29) is 6.10 Å². The number of benzene rings is 1. The van der Waals surface area contributed by atoms with Gasteiger partial charge in [0.25, 0.3) is 0 Å². The molecule has 0 unspecified atom stereocenters. The van der Waals surface area contributed by atoms with Crippen LogP contribution in [-0.4, -0.2) is 60.8 Å². The minimum Gasteiger partial charge on any atom is -0.390 e. The van der Waals surface area contributed by atoms with Crippen LogP contribution in [0.3, 0.4) is 0 Å². The van der Waals surface area contributed by atoms with Crippen LogP contribution in [-0.2, 0) is 9.57 Å². The molecule has 0 fully saturated rings. The molecule has 0 saturated carbocycles. The highest BCUT2D eigenvalue weighted by atomic mass is 16.6. The van der Waals surface area contributed by atoms with Crippen LogP contribution in [0.2, 0.25) is 0 Å². The number of rotatable bonds is 11. The lowest BCUT2D eigenvalue weighted by molar-refractivity contribution is -0.00281. The van der Waals surface area contributed by atoms with Crippen LogP contribution in [0.5, 0.6) is 0 Å². The molecule has 0 spiro atoms. The van der Waals surface area contributed by atoms with Crippen molar-refractivity contribution in [1.82, 2.24) is 4.90 Å². The molecular formula is C20H30N2O3. The van der Waals surface area contributed by atoms with E-state index in [4.69, 9.17) is 9.57 Å². The van der Waals surface area contributed by atoms with Gasteiger partial charge in [-0.2, -0.15) is 0 Å². The van der Waals surface area contributed by atoms with Gasteiger partial charge in [0.1, 0.15) is 6.10 Å². The summed E-state index contributed by atoms with van der Waals surface area (Å²) in [4.78, 5) is 7.72. The first-order valence-electron chi connectivity index (χ1n) is 8.95. The lowest BCUT2D eigenvalue weighted by Crippen LogP contribution is -2.40. The third kappa shape index (κ3) is 6.98. The second-order valence-electron chi connectivity index (χ2n) is 6.93. The van der Waals surface area contributed by atoms with Gasteiger partial charge in [0, 0.05) is 32.7 Å². The lowest BCUT2D eigenvalue weighted by Gasteiger charge is -2.25. The first-order valence-corrected chi connectivity index (χ1v) is 8.95. The highest BCUT2D eigenvalue weighted by Crippen LogP contribution is 2.17. The van der Waals surface area contributed by atoms with Crippen molar-refractivity contribution in [3.63, 3.8) is 0 Å². The van der Waals surface area contributed by atoms with Gasteiger partial charge < -0.3 is 14.7 Å². The maximum absolute atomic E-state index is 10.2. The Balaban J connectivity index is 1.79. The van der Waals surface area contributed by atoms with E-state index in [0.717, 1.165) is 17.7 Å². The molecule has 2 rings (SSSR count). The molecule has 0 radical (unpaired) electrons. The fourth-order valence-corrected chi connectivity index (χ4v) is 2.81. The van der Waals surface area contributed by atoms with Crippen LogP contribution in [0.25, 0.3) is 0 Å². The van der Waals surface area contributed by atoms with Crippen LogP contribution in [0, 0.1) is 5.92 Å². The molecule has 1 heterocycles. The van der Waals surface area contributed by atoms with Crippen molar-refractivity contribution in [3.8, 4) is 0 Å². The zero-order valence-corrected chi connectivity index (χ0v) is 15.3. The smallest absolute Gasteiger partial charge is 0.145 e. The summed E-state index contributed by atoms with van der Waals surface area (Å²) in [6.07, 6.45) is 2.10. The van der Waals surface area contributed by atoms with Crippen LogP contribution >= 0.6 is 0 Å². The van der Waals surface area contributed by atoms with Crippen molar-refractivity contribution in [1.29, 1.82) is 0 Å². The second kappa shape index (κ2) is 10.3. The Hall–Kier alpha value is -1.69. The normalized spacial score (nSPS) is 18.3. The molecule has 0 saturated heterocycles. The summed E-state index contributed by atoms with van der Waals surface area (Å²) in [5.74, 6) is 0.469. The number of hydrogen-bond acceptors (Lipinski definition) is 5. The maximum atomic E-state index is 10.2. The molecule has 1 N–H and O–H groups in total. The van der Waals surface area contributed by atoms with Crippen molar-refractivity contribution in [3.05, 3.63) is 48.6 Å². The van der Waals surface area contributed by atoms with Gasteiger partial charge >= 0.3 is 0 Å². The predicted molar refractivity (Wildman–Crippen MR) is 101 cm³/mol. The number of nitrogens with zero attached hydrogens (tertiary/aromatic N) is 2. The minimum atomic E-state index is -0.519. The van der Waals surface area contributed by atoms with Gasteiger partial charge in [-0.05, 0) is 11.5 Å². The van der Waals surface area contributed by atoms with Crippen molar-refractivity contribution in [2.24, 2.45) is 11.1 Å². The van der Waals surface area contributed by atoms with E-state index in [1.165, 1.54) is 0 Å². The molecule has 0 amide bonds. The number of aliphatic hydroxyl groups excluding tert-OH is 1. The predicted octanol–water partition coefficient (Wildman–Crippen LogP) is 2.70. The first-order chi connectivity index (χ1) is 12.1. The van der Waals surface area contributed by atoms with Gasteiger partial charge in [-0.25, -0.2) is 0 Å². The van der Waals surface area contributed by atoms with Crippen molar-refractivity contribution in [2.45, 2.75) is 32.5 Å². The molecule has 1 aromatic rings. The summed E-state index contributed by atoms with van der Waals surface area (Å²) in [5.41, 5.74) is 2.08. The highest BCUT2D eigenvalue weighted by Gasteiger charge is 2.25. The number of oxime groups is 1. The van der Waals surface area contributed by atoms with Gasteiger partial charge in [0.2, 0.25) is 0 Å². The maximum Gasteiger partial charge on any atom is 0.145 e. The molecule has 0 bridgehead atoms. The van der Waals surface area contributed by atoms with Gasteiger partial charge in [-0.1, -0.05) is 55.4 Å².